The Kier molecular flexibility index (Phi) is 3.48. The molecule has 1 aromatic heterocycles. The SMILES string of the molecule is Cn1c(C=C(C#N)C#N)c(-c2ccccc2)c2ccccc21. The molecule has 0 unspecified atom stereocenters. The van der Waals surface area contributed by atoms with Crippen molar-refractivity contribution >= 4 is 17.0 Å². The molecule has 1 heterocycles. The van der Waals surface area contributed by atoms with Crippen LogP contribution in [-0.4, -0.2) is 4.57 Å². The van der Waals surface area contributed by atoms with E-state index in [0.29, 0.717) is 0 Å². The summed E-state index contributed by atoms with van der Waals surface area (Å²) >= 11 is 0. The minimum atomic E-state index is 0.100. The molecule has 0 spiro atoms. The fourth-order valence-corrected chi connectivity index (χ4v) is 2.72. The Balaban J connectivity index is 2.42. The van der Waals surface area contributed by atoms with Gasteiger partial charge in [0.15, 0.2) is 0 Å². The molecule has 0 atom stereocenters. The van der Waals surface area contributed by atoms with Gasteiger partial charge in [0, 0.05) is 23.5 Å². The van der Waals surface area contributed by atoms with Gasteiger partial charge in [-0.3, -0.25) is 0 Å². The lowest BCUT2D eigenvalue weighted by molar-refractivity contribution is 0.955. The van der Waals surface area contributed by atoms with Crippen molar-refractivity contribution in [2.24, 2.45) is 7.05 Å². The Morgan fingerprint density at radius 1 is 0.955 bits per heavy atom. The lowest BCUT2D eigenvalue weighted by Gasteiger charge is -2.04. The van der Waals surface area contributed by atoms with Crippen LogP contribution >= 0.6 is 0 Å². The van der Waals surface area contributed by atoms with Gasteiger partial charge in [-0.25, -0.2) is 0 Å². The number of benzene rings is 2. The molecular formula is C19H13N3. The molecule has 0 amide bonds. The zero-order valence-electron chi connectivity index (χ0n) is 12.1. The van der Waals surface area contributed by atoms with E-state index in [1.54, 1.807) is 6.08 Å². The van der Waals surface area contributed by atoms with E-state index in [1.807, 2.05) is 72.3 Å². The van der Waals surface area contributed by atoms with Crippen LogP contribution in [0.3, 0.4) is 0 Å². The zero-order valence-corrected chi connectivity index (χ0v) is 12.1. The minimum absolute atomic E-state index is 0.100. The minimum Gasteiger partial charge on any atom is -0.344 e. The smallest absolute Gasteiger partial charge is 0.131 e. The first kappa shape index (κ1) is 13.7. The van der Waals surface area contributed by atoms with Gasteiger partial charge in [0.1, 0.15) is 17.7 Å². The standard InChI is InChI=1S/C19H13N3/c1-22-17-10-6-5-9-16(17)19(15-7-3-2-4-8-15)18(22)11-14(12-20)13-21/h2-11H,1H3. The van der Waals surface area contributed by atoms with E-state index >= 15 is 0 Å². The van der Waals surface area contributed by atoms with Crippen molar-refractivity contribution in [1.82, 2.24) is 4.57 Å². The maximum absolute atomic E-state index is 9.06. The lowest BCUT2D eigenvalue weighted by Crippen LogP contribution is -1.92. The molecule has 3 heteroatoms. The molecule has 0 bridgehead atoms. The van der Waals surface area contributed by atoms with Crippen molar-refractivity contribution in [3.05, 3.63) is 65.9 Å². The number of hydrogen-bond acceptors (Lipinski definition) is 2. The van der Waals surface area contributed by atoms with E-state index in [2.05, 4.69) is 6.07 Å². The number of nitrogens with zero attached hydrogens (tertiary/aromatic N) is 3. The van der Waals surface area contributed by atoms with E-state index in [4.69, 9.17) is 10.5 Å². The number of aromatic nitrogens is 1. The number of fused-ring (bicyclic) bond motifs is 1. The highest BCUT2D eigenvalue weighted by molar-refractivity contribution is 6.01. The van der Waals surface area contributed by atoms with Gasteiger partial charge < -0.3 is 4.57 Å². The Morgan fingerprint density at radius 2 is 1.59 bits per heavy atom. The van der Waals surface area contributed by atoms with Crippen LogP contribution in [0.15, 0.2) is 60.2 Å². The van der Waals surface area contributed by atoms with Crippen LogP contribution in [0.5, 0.6) is 0 Å². The zero-order chi connectivity index (χ0) is 15.5. The third-order valence-corrected chi connectivity index (χ3v) is 3.74. The highest BCUT2D eigenvalue weighted by Gasteiger charge is 2.15. The molecule has 104 valence electrons. The Morgan fingerprint density at radius 3 is 2.27 bits per heavy atom. The van der Waals surface area contributed by atoms with E-state index in [-0.39, 0.29) is 5.57 Å². The van der Waals surface area contributed by atoms with Crippen LogP contribution in [0.1, 0.15) is 5.69 Å². The molecule has 0 fully saturated rings. The van der Waals surface area contributed by atoms with Crippen LogP contribution in [0.2, 0.25) is 0 Å². The highest BCUT2D eigenvalue weighted by Crippen LogP contribution is 2.35. The second kappa shape index (κ2) is 5.60. The van der Waals surface area contributed by atoms with E-state index in [0.717, 1.165) is 27.7 Å². The summed E-state index contributed by atoms with van der Waals surface area (Å²) in [6, 6.07) is 22.0. The molecule has 0 aliphatic rings. The molecule has 0 N–H and O–H groups in total. The predicted octanol–water partition coefficient (Wildman–Crippen LogP) is 4.28. The lowest BCUT2D eigenvalue weighted by atomic mass is 10.0. The van der Waals surface area contributed by atoms with Crippen LogP contribution < -0.4 is 0 Å². The molecule has 0 aliphatic heterocycles. The predicted molar refractivity (Wildman–Crippen MR) is 87.6 cm³/mol. The number of allylic oxidation sites excluding steroid dienone is 1. The Labute approximate surface area is 129 Å². The van der Waals surface area contributed by atoms with Crippen LogP contribution in [0, 0.1) is 22.7 Å². The highest BCUT2D eigenvalue weighted by atomic mass is 14.9. The van der Waals surface area contributed by atoms with Crippen molar-refractivity contribution in [2.75, 3.05) is 0 Å². The number of hydrogen-bond donors (Lipinski definition) is 0. The summed E-state index contributed by atoms with van der Waals surface area (Å²) < 4.78 is 2.02. The average molecular weight is 283 g/mol. The van der Waals surface area contributed by atoms with E-state index in [1.165, 1.54) is 0 Å². The summed E-state index contributed by atoms with van der Waals surface area (Å²) in [5, 5.41) is 19.2. The Hall–Kier alpha value is -3.30. The maximum Gasteiger partial charge on any atom is 0.131 e. The van der Waals surface area contributed by atoms with Gasteiger partial charge in [0.05, 0.1) is 5.69 Å². The summed E-state index contributed by atoms with van der Waals surface area (Å²) in [4.78, 5) is 0. The molecule has 22 heavy (non-hydrogen) atoms. The monoisotopic (exact) mass is 283 g/mol. The third-order valence-electron chi connectivity index (χ3n) is 3.74. The summed E-state index contributed by atoms with van der Waals surface area (Å²) in [6.07, 6.45) is 1.66. The first-order chi connectivity index (χ1) is 10.8. The van der Waals surface area contributed by atoms with Crippen LogP contribution in [0.25, 0.3) is 28.1 Å². The van der Waals surface area contributed by atoms with Crippen molar-refractivity contribution in [3.63, 3.8) is 0 Å². The molecule has 0 saturated heterocycles. The van der Waals surface area contributed by atoms with Gasteiger partial charge in [-0.1, -0.05) is 48.5 Å². The topological polar surface area (TPSA) is 52.5 Å². The molecule has 0 saturated carbocycles. The second-order valence-corrected chi connectivity index (χ2v) is 4.98. The van der Waals surface area contributed by atoms with Crippen molar-refractivity contribution in [1.29, 1.82) is 10.5 Å². The van der Waals surface area contributed by atoms with Gasteiger partial charge >= 0.3 is 0 Å². The van der Waals surface area contributed by atoms with Gasteiger partial charge in [-0.2, -0.15) is 10.5 Å². The van der Waals surface area contributed by atoms with Gasteiger partial charge in [-0.05, 0) is 17.7 Å². The number of aryl methyl sites for hydroxylation is 1. The fraction of sp³-hybridized carbons (Fsp3) is 0.0526. The number of rotatable bonds is 2. The maximum atomic E-state index is 9.06. The van der Waals surface area contributed by atoms with Crippen LogP contribution in [0.4, 0.5) is 0 Å². The summed E-state index contributed by atoms with van der Waals surface area (Å²) in [5.74, 6) is 0. The summed E-state index contributed by atoms with van der Waals surface area (Å²) in [7, 11) is 1.95. The largest absolute Gasteiger partial charge is 0.344 e. The van der Waals surface area contributed by atoms with Crippen molar-refractivity contribution < 1.29 is 0 Å². The summed E-state index contributed by atoms with van der Waals surface area (Å²) in [5.41, 5.74) is 4.15. The molecule has 3 rings (SSSR count). The van der Waals surface area contributed by atoms with Gasteiger partial charge in [0.2, 0.25) is 0 Å². The molecule has 0 radical (unpaired) electrons. The number of para-hydroxylation sites is 1. The van der Waals surface area contributed by atoms with Gasteiger partial charge in [-0.15, -0.1) is 0 Å². The molecule has 0 aliphatic carbocycles. The van der Waals surface area contributed by atoms with Crippen molar-refractivity contribution in [2.45, 2.75) is 0 Å². The third kappa shape index (κ3) is 2.16. The van der Waals surface area contributed by atoms with E-state index in [9.17, 15) is 0 Å². The second-order valence-electron chi connectivity index (χ2n) is 4.98. The average Bonchev–Trinajstić information content (AvgIpc) is 2.86. The summed E-state index contributed by atoms with van der Waals surface area (Å²) in [6.45, 7) is 0. The first-order valence-electron chi connectivity index (χ1n) is 6.91. The quantitative estimate of drug-likeness (QED) is 0.659. The molecule has 3 aromatic rings. The van der Waals surface area contributed by atoms with Crippen LogP contribution in [-0.2, 0) is 7.05 Å². The van der Waals surface area contributed by atoms with Crippen molar-refractivity contribution in [3.8, 4) is 23.3 Å². The van der Waals surface area contributed by atoms with E-state index < -0.39 is 0 Å². The molecule has 2 aromatic carbocycles. The Bertz CT molecular complexity index is 932. The number of nitriles is 2. The molecular weight excluding hydrogens is 270 g/mol. The van der Waals surface area contributed by atoms with Gasteiger partial charge in [0.25, 0.3) is 0 Å². The molecule has 3 nitrogen and oxygen atoms in total. The fourth-order valence-electron chi connectivity index (χ4n) is 2.72. The first-order valence-corrected chi connectivity index (χ1v) is 6.91. The normalized spacial score (nSPS) is 9.95.